The van der Waals surface area contributed by atoms with Gasteiger partial charge in [0.1, 0.15) is 6.10 Å². The number of methoxy groups -OCH3 is 1. The van der Waals surface area contributed by atoms with Gasteiger partial charge in [-0.3, -0.25) is 15.0 Å². The van der Waals surface area contributed by atoms with Gasteiger partial charge in [-0.25, -0.2) is 9.59 Å². The summed E-state index contributed by atoms with van der Waals surface area (Å²) in [6.45, 7) is 5.60. The van der Waals surface area contributed by atoms with Crippen molar-refractivity contribution in [2.75, 3.05) is 20.2 Å². The molecule has 0 aromatic heterocycles. The van der Waals surface area contributed by atoms with Gasteiger partial charge in [0.2, 0.25) is 0 Å². The molecule has 1 N–H and O–H groups in total. The van der Waals surface area contributed by atoms with Crippen LogP contribution in [0.1, 0.15) is 37.3 Å². The number of nitro benzene ring substituents is 1. The van der Waals surface area contributed by atoms with Gasteiger partial charge >= 0.3 is 11.9 Å². The monoisotopic (exact) mass is 491 g/mol. The molecule has 0 bridgehead atoms. The maximum absolute atomic E-state index is 13.5. The fraction of sp³-hybridized carbons (Fsp3) is 0.333. The average Bonchev–Trinajstić information content (AvgIpc) is 3.30. The van der Waals surface area contributed by atoms with Crippen LogP contribution in [-0.2, 0) is 25.6 Å². The summed E-state index contributed by atoms with van der Waals surface area (Å²) >= 11 is 0. The number of hydrogen-bond acceptors (Lipinski definition) is 8. The second-order valence-electron chi connectivity index (χ2n) is 9.02. The predicted octanol–water partition coefficient (Wildman–Crippen LogP) is 3.82. The third-order valence-electron chi connectivity index (χ3n) is 6.55. The lowest BCUT2D eigenvalue weighted by Gasteiger charge is -2.30. The number of carbonyl (C=O) groups excluding carboxylic acids is 2. The molecule has 2 aromatic rings. The predicted molar refractivity (Wildman–Crippen MR) is 133 cm³/mol. The van der Waals surface area contributed by atoms with Crippen LogP contribution >= 0.6 is 0 Å². The molecule has 2 atom stereocenters. The maximum Gasteiger partial charge on any atom is 0.337 e. The molecule has 0 saturated carbocycles. The molecule has 0 radical (unpaired) electrons. The van der Waals surface area contributed by atoms with Gasteiger partial charge in [0, 0.05) is 43.2 Å². The minimum absolute atomic E-state index is 0.134. The van der Waals surface area contributed by atoms with Crippen molar-refractivity contribution in [2.45, 2.75) is 38.8 Å². The topological polar surface area (TPSA) is 111 Å². The van der Waals surface area contributed by atoms with Gasteiger partial charge in [-0.2, -0.15) is 0 Å². The number of dihydropyridines is 1. The molecule has 2 aliphatic rings. The van der Waals surface area contributed by atoms with E-state index in [4.69, 9.17) is 9.47 Å². The molecule has 2 aliphatic heterocycles. The lowest BCUT2D eigenvalue weighted by atomic mass is 9.80. The van der Waals surface area contributed by atoms with E-state index in [9.17, 15) is 19.7 Å². The Labute approximate surface area is 209 Å². The van der Waals surface area contributed by atoms with Crippen molar-refractivity contribution in [2.24, 2.45) is 0 Å². The Morgan fingerprint density at radius 3 is 2.42 bits per heavy atom. The van der Waals surface area contributed by atoms with Crippen molar-refractivity contribution in [3.63, 3.8) is 0 Å². The van der Waals surface area contributed by atoms with E-state index in [-0.39, 0.29) is 22.9 Å². The first-order valence-corrected chi connectivity index (χ1v) is 11.8. The fourth-order valence-electron chi connectivity index (χ4n) is 4.89. The van der Waals surface area contributed by atoms with E-state index in [0.29, 0.717) is 29.9 Å². The van der Waals surface area contributed by atoms with Crippen LogP contribution in [0.4, 0.5) is 5.69 Å². The molecule has 1 saturated heterocycles. The highest BCUT2D eigenvalue weighted by atomic mass is 16.6. The van der Waals surface area contributed by atoms with E-state index in [1.54, 1.807) is 19.9 Å². The molecule has 9 heteroatoms. The molecule has 0 unspecified atom stereocenters. The normalized spacial score (nSPS) is 20.2. The number of non-ortho nitro benzene ring substituents is 1. The fourth-order valence-corrected chi connectivity index (χ4v) is 4.89. The first-order valence-electron chi connectivity index (χ1n) is 11.8. The van der Waals surface area contributed by atoms with Gasteiger partial charge in [0.25, 0.3) is 5.69 Å². The summed E-state index contributed by atoms with van der Waals surface area (Å²) in [6, 6.07) is 16.0. The highest BCUT2D eigenvalue weighted by Crippen LogP contribution is 2.40. The van der Waals surface area contributed by atoms with Crippen LogP contribution in [0.5, 0.6) is 0 Å². The standard InChI is InChI=1S/C27H29N3O6/c1-17-23(26(31)35-3)25(20-10-7-11-21(14-20)30(33)34)24(18(2)28-17)27(32)36-22-12-13-29(16-22)15-19-8-5-4-6-9-19/h4-11,14,22,25,28H,12-13,15-16H2,1-3H3/t22-,25-/m1/s1. The molecule has 2 aromatic carbocycles. The molecule has 188 valence electrons. The summed E-state index contributed by atoms with van der Waals surface area (Å²) in [6.07, 6.45) is 0.388. The molecule has 0 spiro atoms. The number of hydrogen-bond donors (Lipinski definition) is 1. The van der Waals surface area contributed by atoms with Crippen LogP contribution in [0.3, 0.4) is 0 Å². The Hall–Kier alpha value is -3.98. The van der Waals surface area contributed by atoms with Crippen molar-refractivity contribution >= 4 is 17.6 Å². The van der Waals surface area contributed by atoms with Gasteiger partial charge in [-0.05, 0) is 31.4 Å². The van der Waals surface area contributed by atoms with Crippen LogP contribution in [0.2, 0.25) is 0 Å². The third-order valence-corrected chi connectivity index (χ3v) is 6.55. The Balaban J connectivity index is 1.60. The summed E-state index contributed by atoms with van der Waals surface area (Å²) in [7, 11) is 1.26. The smallest absolute Gasteiger partial charge is 0.337 e. The van der Waals surface area contributed by atoms with Gasteiger partial charge in [-0.15, -0.1) is 0 Å². The second kappa shape index (κ2) is 10.7. The van der Waals surface area contributed by atoms with E-state index < -0.39 is 22.8 Å². The van der Waals surface area contributed by atoms with Gasteiger partial charge in [0.05, 0.1) is 29.1 Å². The molecule has 36 heavy (non-hydrogen) atoms. The molecule has 4 rings (SSSR count). The van der Waals surface area contributed by atoms with Gasteiger partial charge in [-0.1, -0.05) is 42.5 Å². The van der Waals surface area contributed by atoms with E-state index in [1.165, 1.54) is 30.9 Å². The van der Waals surface area contributed by atoms with Crippen LogP contribution in [0.15, 0.2) is 77.1 Å². The Bertz CT molecular complexity index is 1240. The average molecular weight is 492 g/mol. The van der Waals surface area contributed by atoms with E-state index in [1.807, 2.05) is 18.2 Å². The number of nitrogens with one attached hydrogen (secondary N) is 1. The van der Waals surface area contributed by atoms with Crippen molar-refractivity contribution in [3.05, 3.63) is 98.4 Å². The quantitative estimate of drug-likeness (QED) is 0.354. The first-order chi connectivity index (χ1) is 17.3. The zero-order valence-electron chi connectivity index (χ0n) is 20.5. The summed E-state index contributed by atoms with van der Waals surface area (Å²) in [5.74, 6) is -2.05. The van der Waals surface area contributed by atoms with Crippen LogP contribution in [0.25, 0.3) is 0 Å². The van der Waals surface area contributed by atoms with Crippen molar-refractivity contribution in [3.8, 4) is 0 Å². The molecule has 1 fully saturated rings. The minimum atomic E-state index is -0.868. The number of esters is 2. The maximum atomic E-state index is 13.5. The summed E-state index contributed by atoms with van der Waals surface area (Å²) < 4.78 is 10.9. The van der Waals surface area contributed by atoms with Crippen molar-refractivity contribution < 1.29 is 24.0 Å². The number of nitrogens with zero attached hydrogens (tertiary/aromatic N) is 2. The molecule has 2 heterocycles. The van der Waals surface area contributed by atoms with Gasteiger partial charge < -0.3 is 14.8 Å². The molecule has 0 amide bonds. The number of nitro groups is 1. The van der Waals surface area contributed by atoms with Crippen LogP contribution in [-0.4, -0.2) is 48.1 Å². The summed E-state index contributed by atoms with van der Waals surface area (Å²) in [5, 5.41) is 14.5. The molecule has 0 aliphatic carbocycles. The lowest BCUT2D eigenvalue weighted by molar-refractivity contribution is -0.384. The number of rotatable bonds is 7. The molecular weight excluding hydrogens is 462 g/mol. The SMILES string of the molecule is COC(=O)C1=C(C)NC(C)=C(C(=O)O[C@@H]2CCN(Cc3ccccc3)C2)[C@@H]1c1cccc([N+](=O)[O-])c1. The Morgan fingerprint density at radius 1 is 1.06 bits per heavy atom. The first kappa shape index (κ1) is 25.1. The number of benzene rings is 2. The van der Waals surface area contributed by atoms with Crippen LogP contribution in [0, 0.1) is 10.1 Å². The van der Waals surface area contributed by atoms with Gasteiger partial charge in [0.15, 0.2) is 0 Å². The van der Waals surface area contributed by atoms with Crippen molar-refractivity contribution in [1.82, 2.24) is 10.2 Å². The Morgan fingerprint density at radius 2 is 1.75 bits per heavy atom. The minimum Gasteiger partial charge on any atom is -0.466 e. The number of allylic oxidation sites excluding steroid dienone is 2. The number of likely N-dealkylation sites (tertiary alicyclic amines) is 1. The lowest BCUT2D eigenvalue weighted by Crippen LogP contribution is -2.34. The third kappa shape index (κ3) is 5.31. The van der Waals surface area contributed by atoms with Crippen LogP contribution < -0.4 is 5.32 Å². The summed E-state index contributed by atoms with van der Waals surface area (Å²) in [4.78, 5) is 39.5. The van der Waals surface area contributed by atoms with Crippen molar-refractivity contribution in [1.29, 1.82) is 0 Å². The highest BCUT2D eigenvalue weighted by molar-refractivity contribution is 6.00. The number of carbonyl (C=O) groups is 2. The summed E-state index contributed by atoms with van der Waals surface area (Å²) in [5.41, 5.74) is 2.99. The van der Waals surface area contributed by atoms with E-state index in [0.717, 1.165) is 13.1 Å². The Kier molecular flexibility index (Phi) is 7.49. The highest BCUT2D eigenvalue weighted by Gasteiger charge is 2.39. The van der Waals surface area contributed by atoms with E-state index >= 15 is 0 Å². The largest absolute Gasteiger partial charge is 0.466 e. The molecular formula is C27H29N3O6. The second-order valence-corrected chi connectivity index (χ2v) is 9.02. The number of ether oxygens (including phenoxy) is 2. The zero-order valence-corrected chi connectivity index (χ0v) is 20.5. The molecule has 9 nitrogen and oxygen atoms in total. The van der Waals surface area contributed by atoms with E-state index in [2.05, 4.69) is 22.3 Å². The zero-order chi connectivity index (χ0) is 25.8.